The number of nitrogens with two attached hydrogens (primary N) is 1. The van der Waals surface area contributed by atoms with Gasteiger partial charge in [-0.25, -0.2) is 0 Å². The molecule has 1 unspecified atom stereocenters. The first kappa shape index (κ1) is 11.0. The average molecular weight is 184 g/mol. The summed E-state index contributed by atoms with van der Waals surface area (Å²) in [6.45, 7) is 10.2. The Morgan fingerprint density at radius 3 is 2.54 bits per heavy atom. The van der Waals surface area contributed by atoms with Gasteiger partial charge < -0.3 is 5.73 Å². The molecule has 1 fully saturated rings. The van der Waals surface area contributed by atoms with Gasteiger partial charge in [0, 0.05) is 19.1 Å². The van der Waals surface area contributed by atoms with Crippen LogP contribution in [0.3, 0.4) is 0 Å². The van der Waals surface area contributed by atoms with Gasteiger partial charge in [0.2, 0.25) is 0 Å². The molecule has 2 N–H and O–H groups in total. The molecular weight excluding hydrogens is 160 g/mol. The highest BCUT2D eigenvalue weighted by atomic mass is 15.2. The van der Waals surface area contributed by atoms with E-state index in [1.165, 1.54) is 32.4 Å². The third-order valence-electron chi connectivity index (χ3n) is 2.70. The van der Waals surface area contributed by atoms with E-state index in [0.717, 1.165) is 6.54 Å². The molecule has 13 heavy (non-hydrogen) atoms. The Morgan fingerprint density at radius 1 is 1.31 bits per heavy atom. The van der Waals surface area contributed by atoms with E-state index in [9.17, 15) is 0 Å². The Morgan fingerprint density at radius 2 is 2.00 bits per heavy atom. The van der Waals surface area contributed by atoms with E-state index >= 15 is 0 Å². The van der Waals surface area contributed by atoms with Crippen LogP contribution in [0.25, 0.3) is 0 Å². The van der Waals surface area contributed by atoms with Gasteiger partial charge in [-0.3, -0.25) is 4.90 Å². The molecule has 1 aliphatic heterocycles. The van der Waals surface area contributed by atoms with E-state index in [-0.39, 0.29) is 0 Å². The largest absolute Gasteiger partial charge is 0.329 e. The van der Waals surface area contributed by atoms with Crippen LogP contribution in [0, 0.1) is 5.41 Å². The second-order valence-corrected chi connectivity index (χ2v) is 5.42. The molecule has 1 heterocycles. The fourth-order valence-corrected chi connectivity index (χ4v) is 2.14. The Bertz CT molecular complexity index is 149. The van der Waals surface area contributed by atoms with Crippen molar-refractivity contribution in [3.63, 3.8) is 0 Å². The number of rotatable bonds is 2. The average Bonchev–Trinajstić information content (AvgIpc) is 2.02. The molecule has 78 valence electrons. The minimum absolute atomic E-state index is 0.408. The van der Waals surface area contributed by atoms with E-state index in [0.29, 0.717) is 11.5 Å². The van der Waals surface area contributed by atoms with Gasteiger partial charge in [-0.05, 0) is 24.8 Å². The van der Waals surface area contributed by atoms with Crippen LogP contribution in [0.2, 0.25) is 0 Å². The fraction of sp³-hybridized carbons (Fsp3) is 1.00. The fourth-order valence-electron chi connectivity index (χ4n) is 2.14. The Balaban J connectivity index is 2.45. The van der Waals surface area contributed by atoms with Crippen LogP contribution in [0.15, 0.2) is 0 Å². The number of hydrogen-bond acceptors (Lipinski definition) is 2. The van der Waals surface area contributed by atoms with Crippen molar-refractivity contribution in [2.75, 3.05) is 19.6 Å². The molecule has 1 atom stereocenters. The molecule has 0 aromatic carbocycles. The quantitative estimate of drug-likeness (QED) is 0.709. The summed E-state index contributed by atoms with van der Waals surface area (Å²) in [5.41, 5.74) is 6.18. The highest BCUT2D eigenvalue weighted by Gasteiger charge is 2.24. The molecular formula is C11H24N2. The maximum atomic E-state index is 5.77. The number of piperidine rings is 1. The number of likely N-dealkylation sites (tertiary alicyclic amines) is 1. The molecule has 0 aliphatic carbocycles. The van der Waals surface area contributed by atoms with Crippen LogP contribution < -0.4 is 5.73 Å². The van der Waals surface area contributed by atoms with Gasteiger partial charge in [0.1, 0.15) is 0 Å². The third kappa shape index (κ3) is 3.65. The highest BCUT2D eigenvalue weighted by Crippen LogP contribution is 2.22. The Hall–Kier alpha value is -0.0800. The van der Waals surface area contributed by atoms with Crippen molar-refractivity contribution >= 4 is 0 Å². The molecule has 0 aromatic heterocycles. The lowest BCUT2D eigenvalue weighted by Crippen LogP contribution is -2.47. The zero-order valence-corrected chi connectivity index (χ0v) is 9.34. The second-order valence-electron chi connectivity index (χ2n) is 5.42. The van der Waals surface area contributed by atoms with Crippen molar-refractivity contribution in [1.82, 2.24) is 4.90 Å². The SMILES string of the molecule is CC(C)(C)CN1CCCCC1CN. The standard InChI is InChI=1S/C11H24N2/c1-11(2,3)9-13-7-5-4-6-10(13)8-12/h10H,4-9,12H2,1-3H3. The predicted octanol–water partition coefficient (Wildman–Crippen LogP) is 1.85. The van der Waals surface area contributed by atoms with E-state index in [4.69, 9.17) is 5.73 Å². The lowest BCUT2D eigenvalue weighted by atomic mass is 9.92. The molecule has 2 heteroatoms. The molecule has 2 nitrogen and oxygen atoms in total. The van der Waals surface area contributed by atoms with E-state index < -0.39 is 0 Å². The first-order valence-corrected chi connectivity index (χ1v) is 5.47. The summed E-state index contributed by atoms with van der Waals surface area (Å²) in [5.74, 6) is 0. The molecule has 1 aliphatic rings. The summed E-state index contributed by atoms with van der Waals surface area (Å²) in [6.07, 6.45) is 4.02. The molecule has 0 radical (unpaired) electrons. The van der Waals surface area contributed by atoms with Gasteiger partial charge in [0.05, 0.1) is 0 Å². The normalized spacial score (nSPS) is 26.3. The van der Waals surface area contributed by atoms with Crippen molar-refractivity contribution in [2.45, 2.75) is 46.1 Å². The maximum absolute atomic E-state index is 5.77. The number of hydrogen-bond donors (Lipinski definition) is 1. The van der Waals surface area contributed by atoms with Crippen LogP contribution in [0.5, 0.6) is 0 Å². The van der Waals surface area contributed by atoms with Crippen LogP contribution >= 0.6 is 0 Å². The van der Waals surface area contributed by atoms with Crippen LogP contribution in [0.1, 0.15) is 40.0 Å². The Kier molecular flexibility index (Phi) is 3.74. The summed E-state index contributed by atoms with van der Waals surface area (Å²) in [4.78, 5) is 2.57. The number of nitrogens with zero attached hydrogens (tertiary/aromatic N) is 1. The van der Waals surface area contributed by atoms with E-state index in [1.807, 2.05) is 0 Å². The van der Waals surface area contributed by atoms with Crippen LogP contribution in [0.4, 0.5) is 0 Å². The third-order valence-corrected chi connectivity index (χ3v) is 2.70. The zero-order valence-electron chi connectivity index (χ0n) is 9.34. The highest BCUT2D eigenvalue weighted by molar-refractivity contribution is 4.80. The summed E-state index contributed by atoms with van der Waals surface area (Å²) < 4.78 is 0. The molecule has 0 spiro atoms. The first-order chi connectivity index (χ1) is 6.03. The van der Waals surface area contributed by atoms with Crippen molar-refractivity contribution in [1.29, 1.82) is 0 Å². The van der Waals surface area contributed by atoms with Gasteiger partial charge in [-0.2, -0.15) is 0 Å². The first-order valence-electron chi connectivity index (χ1n) is 5.47. The molecule has 0 aromatic rings. The van der Waals surface area contributed by atoms with Crippen LogP contribution in [-0.4, -0.2) is 30.6 Å². The molecule has 0 saturated carbocycles. The smallest absolute Gasteiger partial charge is 0.0218 e. The lowest BCUT2D eigenvalue weighted by Gasteiger charge is -2.38. The van der Waals surface area contributed by atoms with Crippen molar-refractivity contribution in [3.05, 3.63) is 0 Å². The van der Waals surface area contributed by atoms with Gasteiger partial charge in [0.15, 0.2) is 0 Å². The van der Waals surface area contributed by atoms with Gasteiger partial charge >= 0.3 is 0 Å². The minimum atomic E-state index is 0.408. The van der Waals surface area contributed by atoms with Crippen molar-refractivity contribution in [3.8, 4) is 0 Å². The lowest BCUT2D eigenvalue weighted by molar-refractivity contribution is 0.107. The second kappa shape index (κ2) is 4.43. The minimum Gasteiger partial charge on any atom is -0.329 e. The van der Waals surface area contributed by atoms with Crippen LogP contribution in [-0.2, 0) is 0 Å². The molecule has 1 saturated heterocycles. The topological polar surface area (TPSA) is 29.3 Å². The van der Waals surface area contributed by atoms with Crippen molar-refractivity contribution in [2.24, 2.45) is 11.1 Å². The van der Waals surface area contributed by atoms with Gasteiger partial charge in [-0.1, -0.05) is 27.2 Å². The summed E-state index contributed by atoms with van der Waals surface area (Å²) in [5, 5.41) is 0. The van der Waals surface area contributed by atoms with Crippen molar-refractivity contribution < 1.29 is 0 Å². The maximum Gasteiger partial charge on any atom is 0.0218 e. The molecule has 0 amide bonds. The molecule has 0 bridgehead atoms. The summed E-state index contributed by atoms with van der Waals surface area (Å²) >= 11 is 0. The zero-order chi connectivity index (χ0) is 9.90. The summed E-state index contributed by atoms with van der Waals surface area (Å²) in [7, 11) is 0. The Labute approximate surface area is 82.5 Å². The predicted molar refractivity (Wildman–Crippen MR) is 57.7 cm³/mol. The summed E-state index contributed by atoms with van der Waals surface area (Å²) in [6, 6.07) is 0.646. The molecule has 1 rings (SSSR count). The van der Waals surface area contributed by atoms with E-state index in [2.05, 4.69) is 25.7 Å². The van der Waals surface area contributed by atoms with Gasteiger partial charge in [-0.15, -0.1) is 0 Å². The monoisotopic (exact) mass is 184 g/mol. The van der Waals surface area contributed by atoms with Gasteiger partial charge in [0.25, 0.3) is 0 Å². The van der Waals surface area contributed by atoms with E-state index in [1.54, 1.807) is 0 Å².